The molecule has 2 aromatic rings. The van der Waals surface area contributed by atoms with E-state index in [2.05, 4.69) is 10.4 Å². The van der Waals surface area contributed by atoms with Gasteiger partial charge in [-0.15, -0.1) is 0 Å². The van der Waals surface area contributed by atoms with E-state index in [0.717, 1.165) is 30.0 Å². The van der Waals surface area contributed by atoms with Crippen molar-refractivity contribution < 1.29 is 14.3 Å². The Labute approximate surface area is 134 Å². The van der Waals surface area contributed by atoms with Crippen molar-refractivity contribution in [1.82, 2.24) is 15.1 Å². The highest BCUT2D eigenvalue weighted by Gasteiger charge is 2.30. The average molecular weight is 313 g/mol. The molecule has 0 unspecified atom stereocenters. The van der Waals surface area contributed by atoms with Crippen LogP contribution in [-0.2, 0) is 11.8 Å². The molecule has 2 aliphatic rings. The molecule has 4 rings (SSSR count). The topological polar surface area (TPSA) is 65.4 Å². The molecule has 0 saturated carbocycles. The molecular formula is C17H19N3O3. The summed E-state index contributed by atoms with van der Waals surface area (Å²) in [6, 6.07) is 7.68. The standard InChI is InChI=1S/C17H19N3O3/c1-20-8-13(16(19-20)11-6-7-22-9-11)17(21)18-14-10-23-15-5-3-2-4-12(14)15/h2-5,8,11,14H,6-7,9-10H2,1H3,(H,18,21)/t11-,14+/m1/s1. The van der Waals surface area contributed by atoms with Gasteiger partial charge in [0.05, 0.1) is 23.9 Å². The van der Waals surface area contributed by atoms with Gasteiger partial charge in [0.25, 0.3) is 5.91 Å². The molecule has 1 aromatic heterocycles. The van der Waals surface area contributed by atoms with Gasteiger partial charge in [-0.3, -0.25) is 9.48 Å². The molecule has 1 amide bonds. The van der Waals surface area contributed by atoms with Crippen molar-refractivity contribution in [2.45, 2.75) is 18.4 Å². The van der Waals surface area contributed by atoms with Crippen LogP contribution in [0.5, 0.6) is 5.75 Å². The highest BCUT2D eigenvalue weighted by Crippen LogP contribution is 2.32. The van der Waals surface area contributed by atoms with E-state index in [4.69, 9.17) is 9.47 Å². The zero-order valence-electron chi connectivity index (χ0n) is 13.0. The number of benzene rings is 1. The summed E-state index contributed by atoms with van der Waals surface area (Å²) in [6.07, 6.45) is 2.69. The smallest absolute Gasteiger partial charge is 0.255 e. The normalized spacial score (nSPS) is 22.7. The van der Waals surface area contributed by atoms with E-state index in [1.807, 2.05) is 31.3 Å². The Morgan fingerprint density at radius 3 is 3.04 bits per heavy atom. The van der Waals surface area contributed by atoms with E-state index < -0.39 is 0 Å². The summed E-state index contributed by atoms with van der Waals surface area (Å²) in [5.41, 5.74) is 2.48. The largest absolute Gasteiger partial charge is 0.491 e. The van der Waals surface area contributed by atoms with Crippen molar-refractivity contribution in [2.24, 2.45) is 7.05 Å². The number of aryl methyl sites for hydroxylation is 1. The molecule has 0 bridgehead atoms. The number of carbonyl (C=O) groups excluding carboxylic acids is 1. The number of nitrogens with one attached hydrogen (secondary N) is 1. The van der Waals surface area contributed by atoms with E-state index in [0.29, 0.717) is 18.8 Å². The number of hydrogen-bond donors (Lipinski definition) is 1. The number of rotatable bonds is 3. The van der Waals surface area contributed by atoms with E-state index in [9.17, 15) is 4.79 Å². The second-order valence-corrected chi connectivity index (χ2v) is 6.04. The van der Waals surface area contributed by atoms with Crippen LogP contribution in [0.25, 0.3) is 0 Å². The second-order valence-electron chi connectivity index (χ2n) is 6.04. The van der Waals surface area contributed by atoms with E-state index in [1.165, 1.54) is 0 Å². The van der Waals surface area contributed by atoms with Crippen LogP contribution in [-0.4, -0.2) is 35.5 Å². The summed E-state index contributed by atoms with van der Waals surface area (Å²) in [4.78, 5) is 12.7. The zero-order valence-corrected chi connectivity index (χ0v) is 13.0. The van der Waals surface area contributed by atoms with Crippen LogP contribution in [0.2, 0.25) is 0 Å². The fraction of sp³-hybridized carbons (Fsp3) is 0.412. The fourth-order valence-corrected chi connectivity index (χ4v) is 3.25. The van der Waals surface area contributed by atoms with Gasteiger partial charge in [-0.1, -0.05) is 18.2 Å². The molecular weight excluding hydrogens is 294 g/mol. The molecule has 1 fully saturated rings. The Kier molecular flexibility index (Phi) is 3.53. The van der Waals surface area contributed by atoms with Crippen LogP contribution in [0.4, 0.5) is 0 Å². The quantitative estimate of drug-likeness (QED) is 0.938. The highest BCUT2D eigenvalue weighted by molar-refractivity contribution is 5.95. The number of ether oxygens (including phenoxy) is 2. The maximum Gasteiger partial charge on any atom is 0.255 e. The maximum atomic E-state index is 12.7. The Morgan fingerprint density at radius 2 is 2.22 bits per heavy atom. The molecule has 23 heavy (non-hydrogen) atoms. The van der Waals surface area contributed by atoms with Gasteiger partial charge in [0, 0.05) is 31.3 Å². The summed E-state index contributed by atoms with van der Waals surface area (Å²) < 4.78 is 12.8. The summed E-state index contributed by atoms with van der Waals surface area (Å²) in [6.45, 7) is 1.83. The predicted molar refractivity (Wildman–Crippen MR) is 83.5 cm³/mol. The molecule has 1 N–H and O–H groups in total. The first-order valence-corrected chi connectivity index (χ1v) is 7.86. The minimum absolute atomic E-state index is 0.106. The Balaban J connectivity index is 1.56. The summed E-state index contributed by atoms with van der Waals surface area (Å²) >= 11 is 0. The first-order chi connectivity index (χ1) is 11.2. The number of nitrogens with zero attached hydrogens (tertiary/aromatic N) is 2. The zero-order chi connectivity index (χ0) is 15.8. The Morgan fingerprint density at radius 1 is 1.35 bits per heavy atom. The lowest BCUT2D eigenvalue weighted by molar-refractivity contribution is 0.0928. The minimum atomic E-state index is -0.119. The number of carbonyl (C=O) groups is 1. The average Bonchev–Trinajstić information content (AvgIpc) is 3.27. The van der Waals surface area contributed by atoms with Gasteiger partial charge in [0.15, 0.2) is 0 Å². The van der Waals surface area contributed by atoms with Gasteiger partial charge >= 0.3 is 0 Å². The molecule has 120 valence electrons. The molecule has 0 aliphatic carbocycles. The van der Waals surface area contributed by atoms with Crippen LogP contribution in [0, 0.1) is 0 Å². The molecule has 2 aliphatic heterocycles. The van der Waals surface area contributed by atoms with E-state index >= 15 is 0 Å². The molecule has 2 atom stereocenters. The van der Waals surface area contributed by atoms with Gasteiger partial charge in [-0.2, -0.15) is 5.10 Å². The van der Waals surface area contributed by atoms with Crippen molar-refractivity contribution in [3.63, 3.8) is 0 Å². The van der Waals surface area contributed by atoms with Crippen molar-refractivity contribution in [3.05, 3.63) is 47.3 Å². The summed E-state index contributed by atoms with van der Waals surface area (Å²) in [5, 5.41) is 7.55. The maximum absolute atomic E-state index is 12.7. The second kappa shape index (κ2) is 5.70. The van der Waals surface area contributed by atoms with Crippen molar-refractivity contribution >= 4 is 5.91 Å². The third-order valence-electron chi connectivity index (χ3n) is 4.42. The van der Waals surface area contributed by atoms with Crippen molar-refractivity contribution in [3.8, 4) is 5.75 Å². The highest BCUT2D eigenvalue weighted by atomic mass is 16.5. The molecule has 0 spiro atoms. The van der Waals surface area contributed by atoms with Gasteiger partial charge < -0.3 is 14.8 Å². The van der Waals surface area contributed by atoms with Crippen LogP contribution < -0.4 is 10.1 Å². The first-order valence-electron chi connectivity index (χ1n) is 7.86. The SMILES string of the molecule is Cn1cc(C(=O)N[C@H]2COc3ccccc32)c([C@@H]2CCOC2)n1. The molecule has 1 saturated heterocycles. The van der Waals surface area contributed by atoms with Crippen LogP contribution in [0.1, 0.15) is 40.0 Å². The van der Waals surface area contributed by atoms with Crippen LogP contribution in [0.3, 0.4) is 0 Å². The first kappa shape index (κ1) is 14.3. The number of amides is 1. The monoisotopic (exact) mass is 313 g/mol. The number of fused-ring (bicyclic) bond motifs is 1. The van der Waals surface area contributed by atoms with Crippen molar-refractivity contribution in [1.29, 1.82) is 0 Å². The van der Waals surface area contributed by atoms with Gasteiger partial charge in [0.2, 0.25) is 0 Å². The lowest BCUT2D eigenvalue weighted by Crippen LogP contribution is -2.30. The van der Waals surface area contributed by atoms with Crippen LogP contribution in [0.15, 0.2) is 30.5 Å². The number of hydrogen-bond acceptors (Lipinski definition) is 4. The summed E-state index contributed by atoms with van der Waals surface area (Å²) in [5.74, 6) is 0.933. The third-order valence-corrected chi connectivity index (χ3v) is 4.42. The fourth-order valence-electron chi connectivity index (χ4n) is 3.25. The number of aromatic nitrogens is 2. The third kappa shape index (κ3) is 2.59. The van der Waals surface area contributed by atoms with Crippen LogP contribution >= 0.6 is 0 Å². The summed E-state index contributed by atoms with van der Waals surface area (Å²) in [7, 11) is 1.84. The number of para-hydroxylation sites is 1. The van der Waals surface area contributed by atoms with E-state index in [-0.39, 0.29) is 17.9 Å². The lowest BCUT2D eigenvalue weighted by atomic mass is 10.0. The van der Waals surface area contributed by atoms with Gasteiger partial charge in [0.1, 0.15) is 12.4 Å². The molecule has 3 heterocycles. The molecule has 6 heteroatoms. The lowest BCUT2D eigenvalue weighted by Gasteiger charge is -2.13. The minimum Gasteiger partial charge on any atom is -0.491 e. The Hall–Kier alpha value is -2.34. The van der Waals surface area contributed by atoms with Crippen molar-refractivity contribution in [2.75, 3.05) is 19.8 Å². The predicted octanol–water partition coefficient (Wildman–Crippen LogP) is 1.79. The molecule has 0 radical (unpaired) electrons. The van der Waals surface area contributed by atoms with Gasteiger partial charge in [-0.25, -0.2) is 0 Å². The van der Waals surface area contributed by atoms with Gasteiger partial charge in [-0.05, 0) is 12.5 Å². The Bertz CT molecular complexity index is 734. The molecule has 1 aromatic carbocycles. The molecule has 6 nitrogen and oxygen atoms in total. The van der Waals surface area contributed by atoms with E-state index in [1.54, 1.807) is 10.9 Å².